The van der Waals surface area contributed by atoms with E-state index in [0.29, 0.717) is 11.0 Å². The van der Waals surface area contributed by atoms with E-state index in [1.807, 2.05) is 6.07 Å². The normalized spacial score (nSPS) is 14.7. The van der Waals surface area contributed by atoms with Crippen molar-refractivity contribution >= 4 is 21.6 Å². The second kappa shape index (κ2) is 6.29. The van der Waals surface area contributed by atoms with Crippen molar-refractivity contribution in [3.05, 3.63) is 38.3 Å². The summed E-state index contributed by atoms with van der Waals surface area (Å²) in [4.78, 5) is 10.4. The first-order chi connectivity index (χ1) is 8.68. The lowest BCUT2D eigenvalue weighted by molar-refractivity contribution is -0.385. The Labute approximate surface area is 115 Å². The van der Waals surface area contributed by atoms with Crippen LogP contribution in [0.3, 0.4) is 0 Å². The highest BCUT2D eigenvalue weighted by Crippen LogP contribution is 2.33. The fourth-order valence-electron chi connectivity index (χ4n) is 1.99. The van der Waals surface area contributed by atoms with Crippen LogP contribution in [0.15, 0.2) is 22.7 Å². The monoisotopic (exact) mass is 312 g/mol. The molecule has 98 valence electrons. The van der Waals surface area contributed by atoms with E-state index in [2.05, 4.69) is 21.2 Å². The maximum absolute atomic E-state index is 10.8. The average Bonchev–Trinajstić information content (AvgIpc) is 3.14. The first kappa shape index (κ1) is 13.5. The summed E-state index contributed by atoms with van der Waals surface area (Å²) >= 11 is 3.30. The highest BCUT2D eigenvalue weighted by molar-refractivity contribution is 9.10. The van der Waals surface area contributed by atoms with Crippen LogP contribution in [-0.2, 0) is 6.54 Å². The van der Waals surface area contributed by atoms with Crippen molar-refractivity contribution in [2.45, 2.75) is 32.2 Å². The summed E-state index contributed by atoms with van der Waals surface area (Å²) in [7, 11) is 0. The van der Waals surface area contributed by atoms with Gasteiger partial charge in [0.1, 0.15) is 0 Å². The van der Waals surface area contributed by atoms with Crippen LogP contribution < -0.4 is 5.32 Å². The molecule has 4 nitrogen and oxygen atoms in total. The van der Waals surface area contributed by atoms with Gasteiger partial charge in [0.15, 0.2) is 0 Å². The van der Waals surface area contributed by atoms with Crippen LogP contribution in [0.5, 0.6) is 0 Å². The summed E-state index contributed by atoms with van der Waals surface area (Å²) in [6.45, 7) is 1.65. The zero-order valence-electron chi connectivity index (χ0n) is 10.2. The lowest BCUT2D eigenvalue weighted by Crippen LogP contribution is -2.15. The lowest BCUT2D eigenvalue weighted by Gasteiger charge is -2.07. The van der Waals surface area contributed by atoms with Crippen molar-refractivity contribution in [3.8, 4) is 0 Å². The van der Waals surface area contributed by atoms with Gasteiger partial charge in [0.2, 0.25) is 0 Å². The Morgan fingerprint density at radius 2 is 2.22 bits per heavy atom. The molecule has 0 heterocycles. The Kier molecular flexibility index (Phi) is 4.72. The van der Waals surface area contributed by atoms with E-state index in [4.69, 9.17) is 0 Å². The number of nitrogens with zero attached hydrogens (tertiary/aromatic N) is 1. The van der Waals surface area contributed by atoms with Crippen molar-refractivity contribution in [2.24, 2.45) is 5.92 Å². The molecule has 1 fully saturated rings. The molecule has 5 heteroatoms. The number of benzene rings is 1. The first-order valence-electron chi connectivity index (χ1n) is 6.31. The van der Waals surface area contributed by atoms with Crippen LogP contribution in [0, 0.1) is 16.0 Å². The molecule has 0 radical (unpaired) electrons. The van der Waals surface area contributed by atoms with Crippen LogP contribution in [0.25, 0.3) is 0 Å². The molecule has 2 rings (SSSR count). The van der Waals surface area contributed by atoms with Crippen LogP contribution in [-0.4, -0.2) is 11.5 Å². The molecule has 0 atom stereocenters. The topological polar surface area (TPSA) is 55.2 Å². The van der Waals surface area contributed by atoms with E-state index in [1.54, 1.807) is 6.07 Å². The molecule has 0 spiro atoms. The Bertz CT molecular complexity index is 433. The van der Waals surface area contributed by atoms with Gasteiger partial charge in [-0.1, -0.05) is 25.0 Å². The number of hydrogen-bond donors (Lipinski definition) is 1. The van der Waals surface area contributed by atoms with E-state index < -0.39 is 0 Å². The summed E-state index contributed by atoms with van der Waals surface area (Å²) < 4.78 is 0.588. The third-order valence-electron chi connectivity index (χ3n) is 3.23. The minimum atomic E-state index is -0.360. The molecule has 0 saturated heterocycles. The molecule has 1 aromatic carbocycles. The van der Waals surface area contributed by atoms with Crippen LogP contribution in [0.2, 0.25) is 0 Å². The van der Waals surface area contributed by atoms with Gasteiger partial charge >= 0.3 is 0 Å². The van der Waals surface area contributed by atoms with Gasteiger partial charge in [0.05, 0.1) is 9.40 Å². The fraction of sp³-hybridized carbons (Fsp3) is 0.538. The van der Waals surface area contributed by atoms with E-state index >= 15 is 0 Å². The first-order valence-corrected chi connectivity index (χ1v) is 7.10. The molecule has 1 N–H and O–H groups in total. The van der Waals surface area contributed by atoms with E-state index in [0.717, 1.165) is 18.0 Å². The van der Waals surface area contributed by atoms with Crippen LogP contribution >= 0.6 is 15.9 Å². The molecular weight excluding hydrogens is 296 g/mol. The SMILES string of the molecule is O=[N+]([O-])c1cccc(CNCCCC2CC2)c1Br. The van der Waals surface area contributed by atoms with Gasteiger partial charge in [-0.05, 0) is 46.8 Å². The Hall–Kier alpha value is -0.940. The number of rotatable bonds is 7. The molecule has 0 amide bonds. The molecule has 18 heavy (non-hydrogen) atoms. The molecule has 0 aromatic heterocycles. The zero-order chi connectivity index (χ0) is 13.0. The maximum atomic E-state index is 10.8. The number of nitro benzene ring substituents is 1. The summed E-state index contributed by atoms with van der Waals surface area (Å²) in [5.74, 6) is 0.969. The number of nitro groups is 1. The van der Waals surface area contributed by atoms with Crippen LogP contribution in [0.1, 0.15) is 31.2 Å². The molecule has 1 aliphatic carbocycles. The molecule has 1 aromatic rings. The quantitative estimate of drug-likeness (QED) is 0.475. The van der Waals surface area contributed by atoms with Gasteiger partial charge in [-0.3, -0.25) is 10.1 Å². The second-order valence-electron chi connectivity index (χ2n) is 4.77. The lowest BCUT2D eigenvalue weighted by atomic mass is 10.2. The smallest absolute Gasteiger partial charge is 0.283 e. The molecule has 0 unspecified atom stereocenters. The molecule has 0 bridgehead atoms. The predicted molar refractivity (Wildman–Crippen MR) is 74.5 cm³/mol. The third kappa shape index (κ3) is 3.78. The second-order valence-corrected chi connectivity index (χ2v) is 5.56. The summed E-state index contributed by atoms with van der Waals surface area (Å²) in [6.07, 6.45) is 5.30. The van der Waals surface area contributed by atoms with Crippen molar-refractivity contribution in [2.75, 3.05) is 6.54 Å². The highest BCUT2D eigenvalue weighted by atomic mass is 79.9. The van der Waals surface area contributed by atoms with Crippen LogP contribution in [0.4, 0.5) is 5.69 Å². The van der Waals surface area contributed by atoms with E-state index in [9.17, 15) is 10.1 Å². The molecular formula is C13H17BrN2O2. The fourth-order valence-corrected chi connectivity index (χ4v) is 2.54. The number of halogens is 1. The van der Waals surface area contributed by atoms with Gasteiger partial charge in [0.25, 0.3) is 5.69 Å². The van der Waals surface area contributed by atoms with Gasteiger partial charge in [-0.25, -0.2) is 0 Å². The van der Waals surface area contributed by atoms with E-state index in [-0.39, 0.29) is 10.6 Å². The van der Waals surface area contributed by atoms with Crippen molar-refractivity contribution in [1.82, 2.24) is 5.32 Å². The molecule has 1 aliphatic rings. The van der Waals surface area contributed by atoms with Gasteiger partial charge < -0.3 is 5.32 Å². The van der Waals surface area contributed by atoms with Gasteiger partial charge in [-0.2, -0.15) is 0 Å². The predicted octanol–water partition coefficient (Wildman–Crippen LogP) is 3.64. The van der Waals surface area contributed by atoms with Crippen molar-refractivity contribution in [1.29, 1.82) is 0 Å². The van der Waals surface area contributed by atoms with Gasteiger partial charge in [-0.15, -0.1) is 0 Å². The Morgan fingerprint density at radius 1 is 1.44 bits per heavy atom. The molecule has 0 aliphatic heterocycles. The van der Waals surface area contributed by atoms with E-state index in [1.165, 1.54) is 31.7 Å². The summed E-state index contributed by atoms with van der Waals surface area (Å²) in [6, 6.07) is 5.15. The Balaban J connectivity index is 1.80. The molecule has 1 saturated carbocycles. The van der Waals surface area contributed by atoms with Crippen molar-refractivity contribution < 1.29 is 4.92 Å². The number of nitrogens with one attached hydrogen (secondary N) is 1. The summed E-state index contributed by atoms with van der Waals surface area (Å²) in [5.41, 5.74) is 1.07. The largest absolute Gasteiger partial charge is 0.313 e. The number of hydrogen-bond acceptors (Lipinski definition) is 3. The zero-order valence-corrected chi connectivity index (χ0v) is 11.8. The maximum Gasteiger partial charge on any atom is 0.283 e. The Morgan fingerprint density at radius 3 is 2.89 bits per heavy atom. The minimum absolute atomic E-state index is 0.132. The standard InChI is InChI=1S/C13H17BrN2O2/c14-13-11(4-1-5-12(13)16(17)18)9-15-8-2-3-10-6-7-10/h1,4-5,10,15H,2-3,6-9H2. The third-order valence-corrected chi connectivity index (χ3v) is 4.15. The highest BCUT2D eigenvalue weighted by Gasteiger charge is 2.20. The van der Waals surface area contributed by atoms with Gasteiger partial charge in [0, 0.05) is 12.6 Å². The average molecular weight is 313 g/mol. The minimum Gasteiger partial charge on any atom is -0.313 e. The summed E-state index contributed by atoms with van der Waals surface area (Å²) in [5, 5.41) is 14.1. The van der Waals surface area contributed by atoms with Crippen molar-refractivity contribution in [3.63, 3.8) is 0 Å².